The second kappa shape index (κ2) is 7.07. The van der Waals surface area contributed by atoms with Gasteiger partial charge in [0.05, 0.1) is 24.7 Å². The first-order valence-corrected chi connectivity index (χ1v) is 9.65. The molecule has 0 aliphatic carbocycles. The fourth-order valence-corrected chi connectivity index (χ4v) is 4.12. The smallest absolute Gasteiger partial charge is 0.323 e. The zero-order valence-corrected chi connectivity index (χ0v) is 16.4. The number of nitrogens with one attached hydrogen (secondary N) is 1. The van der Waals surface area contributed by atoms with Crippen LogP contribution in [0.4, 0.5) is 10.6 Å². The Morgan fingerprint density at radius 1 is 1.30 bits per heavy atom. The number of aromatic nitrogens is 4. The standard InChI is InChI=1S/C18H22N6O2S/c1-22-15-5-4-6-24(10-12(15)9-19-22)18(25)20-17-8-14(21-23(17)2)16-7-13(26-3)11-27-16/h7-9,11H,4-6,10H2,1-3H3,(H,20,25). The van der Waals surface area contributed by atoms with Gasteiger partial charge in [-0.25, -0.2) is 4.79 Å². The van der Waals surface area contributed by atoms with Crippen molar-refractivity contribution >= 4 is 23.2 Å². The van der Waals surface area contributed by atoms with Crippen molar-refractivity contribution in [3.63, 3.8) is 0 Å². The molecule has 4 heterocycles. The Balaban J connectivity index is 1.49. The number of fused-ring (bicyclic) bond motifs is 1. The van der Waals surface area contributed by atoms with E-state index in [0.717, 1.165) is 34.7 Å². The fraction of sp³-hybridized carbons (Fsp3) is 0.389. The minimum Gasteiger partial charge on any atom is -0.496 e. The average molecular weight is 386 g/mol. The maximum Gasteiger partial charge on any atom is 0.323 e. The first-order chi connectivity index (χ1) is 13.0. The number of urea groups is 1. The van der Waals surface area contributed by atoms with E-state index in [2.05, 4.69) is 15.5 Å². The Labute approximate surface area is 161 Å². The summed E-state index contributed by atoms with van der Waals surface area (Å²) in [6.45, 7) is 1.29. The van der Waals surface area contributed by atoms with Crippen LogP contribution in [0.3, 0.4) is 0 Å². The Morgan fingerprint density at radius 2 is 2.15 bits per heavy atom. The topological polar surface area (TPSA) is 77.2 Å². The van der Waals surface area contributed by atoms with Gasteiger partial charge in [-0.1, -0.05) is 0 Å². The van der Waals surface area contributed by atoms with Crippen LogP contribution in [0.15, 0.2) is 23.7 Å². The highest BCUT2D eigenvalue weighted by Gasteiger charge is 2.22. The molecular formula is C18H22N6O2S. The summed E-state index contributed by atoms with van der Waals surface area (Å²) in [6, 6.07) is 3.71. The summed E-state index contributed by atoms with van der Waals surface area (Å²) >= 11 is 1.56. The number of nitrogens with zero attached hydrogens (tertiary/aromatic N) is 5. The second-order valence-corrected chi connectivity index (χ2v) is 7.50. The maximum absolute atomic E-state index is 12.8. The molecule has 0 bridgehead atoms. The Hall–Kier alpha value is -2.81. The third-order valence-electron chi connectivity index (χ3n) is 4.82. The van der Waals surface area contributed by atoms with E-state index in [-0.39, 0.29) is 6.03 Å². The molecule has 0 saturated heterocycles. The minimum atomic E-state index is -0.120. The van der Waals surface area contributed by atoms with Crippen LogP contribution in [0.5, 0.6) is 5.75 Å². The van der Waals surface area contributed by atoms with Gasteiger partial charge in [0.25, 0.3) is 0 Å². The molecular weight excluding hydrogens is 364 g/mol. The van der Waals surface area contributed by atoms with Crippen LogP contribution in [-0.4, -0.2) is 44.1 Å². The quantitative estimate of drug-likeness (QED) is 0.751. The molecule has 0 atom stereocenters. The van der Waals surface area contributed by atoms with Crippen molar-refractivity contribution in [2.45, 2.75) is 19.4 Å². The number of hydrogen-bond donors (Lipinski definition) is 1. The van der Waals surface area contributed by atoms with Crippen molar-refractivity contribution in [2.75, 3.05) is 19.0 Å². The number of anilines is 1. The van der Waals surface area contributed by atoms with Crippen LogP contribution in [0.2, 0.25) is 0 Å². The first kappa shape index (κ1) is 17.6. The number of carbonyl (C=O) groups is 1. The van der Waals surface area contributed by atoms with E-state index in [9.17, 15) is 4.79 Å². The molecule has 142 valence electrons. The number of amides is 2. The Bertz CT molecular complexity index is 973. The lowest BCUT2D eigenvalue weighted by molar-refractivity contribution is 0.209. The molecule has 4 rings (SSSR count). The number of carbonyl (C=O) groups excluding carboxylic acids is 1. The van der Waals surface area contributed by atoms with Crippen molar-refractivity contribution in [1.29, 1.82) is 0 Å². The molecule has 1 aliphatic heterocycles. The third kappa shape index (κ3) is 3.42. The monoisotopic (exact) mass is 386 g/mol. The van der Waals surface area contributed by atoms with Gasteiger partial charge in [-0.3, -0.25) is 14.7 Å². The number of methoxy groups -OCH3 is 1. The Morgan fingerprint density at radius 3 is 2.93 bits per heavy atom. The van der Waals surface area contributed by atoms with Gasteiger partial charge in [-0.15, -0.1) is 11.3 Å². The predicted octanol–water partition coefficient (Wildman–Crippen LogP) is 2.87. The molecule has 0 saturated carbocycles. The van der Waals surface area contributed by atoms with E-state index >= 15 is 0 Å². The molecule has 3 aromatic rings. The molecule has 27 heavy (non-hydrogen) atoms. The molecule has 1 N–H and O–H groups in total. The molecule has 9 heteroatoms. The SMILES string of the molecule is COc1csc(-c2cc(NC(=O)N3CCCc4c(cnn4C)C3)n(C)n2)c1. The van der Waals surface area contributed by atoms with E-state index in [1.807, 2.05) is 47.4 Å². The Kier molecular flexibility index (Phi) is 4.61. The molecule has 2 amide bonds. The summed E-state index contributed by atoms with van der Waals surface area (Å²) in [6.07, 6.45) is 3.71. The van der Waals surface area contributed by atoms with Crippen molar-refractivity contribution in [3.05, 3.63) is 35.0 Å². The average Bonchev–Trinajstić information content (AvgIpc) is 3.31. The lowest BCUT2D eigenvalue weighted by atomic mass is 10.2. The van der Waals surface area contributed by atoms with Gasteiger partial charge < -0.3 is 9.64 Å². The summed E-state index contributed by atoms with van der Waals surface area (Å²) in [5, 5.41) is 13.7. The van der Waals surface area contributed by atoms with Gasteiger partial charge in [0, 0.05) is 49.4 Å². The number of ether oxygens (including phenoxy) is 1. The van der Waals surface area contributed by atoms with Crippen LogP contribution in [0, 0.1) is 0 Å². The molecule has 3 aromatic heterocycles. The first-order valence-electron chi connectivity index (χ1n) is 8.77. The summed E-state index contributed by atoms with van der Waals surface area (Å²) in [5.74, 6) is 1.47. The van der Waals surface area contributed by atoms with E-state index in [0.29, 0.717) is 18.9 Å². The summed E-state index contributed by atoms with van der Waals surface area (Å²) in [4.78, 5) is 15.6. The van der Waals surface area contributed by atoms with Crippen LogP contribution in [-0.2, 0) is 27.1 Å². The van der Waals surface area contributed by atoms with Crippen molar-refractivity contribution < 1.29 is 9.53 Å². The maximum atomic E-state index is 12.8. The lowest BCUT2D eigenvalue weighted by Crippen LogP contribution is -2.35. The summed E-state index contributed by atoms with van der Waals surface area (Å²) in [7, 11) is 5.42. The summed E-state index contributed by atoms with van der Waals surface area (Å²) < 4.78 is 8.82. The number of aryl methyl sites for hydroxylation is 2. The molecule has 0 fully saturated rings. The van der Waals surface area contributed by atoms with Crippen LogP contribution in [0.1, 0.15) is 17.7 Å². The highest BCUT2D eigenvalue weighted by molar-refractivity contribution is 7.13. The zero-order valence-electron chi connectivity index (χ0n) is 15.6. The van der Waals surface area contributed by atoms with Crippen molar-refractivity contribution in [2.24, 2.45) is 14.1 Å². The molecule has 0 unspecified atom stereocenters. The van der Waals surface area contributed by atoms with Gasteiger partial charge in [0.15, 0.2) is 0 Å². The predicted molar refractivity (Wildman–Crippen MR) is 104 cm³/mol. The normalized spacial score (nSPS) is 14.0. The van der Waals surface area contributed by atoms with Gasteiger partial charge in [0.2, 0.25) is 0 Å². The second-order valence-electron chi connectivity index (χ2n) is 6.58. The van der Waals surface area contributed by atoms with Crippen LogP contribution in [0.25, 0.3) is 10.6 Å². The molecule has 0 spiro atoms. The van der Waals surface area contributed by atoms with Gasteiger partial charge >= 0.3 is 6.03 Å². The molecule has 8 nitrogen and oxygen atoms in total. The molecule has 0 radical (unpaired) electrons. The minimum absolute atomic E-state index is 0.120. The van der Waals surface area contributed by atoms with E-state index in [4.69, 9.17) is 4.74 Å². The highest BCUT2D eigenvalue weighted by Crippen LogP contribution is 2.31. The number of thiophene rings is 1. The summed E-state index contributed by atoms with van der Waals surface area (Å²) in [5.41, 5.74) is 3.13. The largest absolute Gasteiger partial charge is 0.496 e. The van der Waals surface area contributed by atoms with E-state index in [1.54, 1.807) is 23.1 Å². The molecule has 0 aromatic carbocycles. The van der Waals surface area contributed by atoms with E-state index < -0.39 is 0 Å². The van der Waals surface area contributed by atoms with E-state index in [1.165, 1.54) is 5.69 Å². The van der Waals surface area contributed by atoms with Gasteiger partial charge in [0.1, 0.15) is 17.3 Å². The third-order valence-corrected chi connectivity index (χ3v) is 5.75. The highest BCUT2D eigenvalue weighted by atomic mass is 32.1. The lowest BCUT2D eigenvalue weighted by Gasteiger charge is -2.20. The van der Waals surface area contributed by atoms with Crippen LogP contribution >= 0.6 is 11.3 Å². The number of hydrogen-bond acceptors (Lipinski definition) is 5. The van der Waals surface area contributed by atoms with Crippen LogP contribution < -0.4 is 10.1 Å². The van der Waals surface area contributed by atoms with Gasteiger partial charge in [-0.05, 0) is 12.8 Å². The van der Waals surface area contributed by atoms with Crippen molar-refractivity contribution in [1.82, 2.24) is 24.5 Å². The van der Waals surface area contributed by atoms with Crippen molar-refractivity contribution in [3.8, 4) is 16.3 Å². The number of rotatable bonds is 3. The zero-order chi connectivity index (χ0) is 19.0. The van der Waals surface area contributed by atoms with Gasteiger partial charge in [-0.2, -0.15) is 10.2 Å². The fourth-order valence-electron chi connectivity index (χ4n) is 3.31. The molecule has 1 aliphatic rings.